The van der Waals surface area contributed by atoms with Crippen LogP contribution >= 0.6 is 27.3 Å². The molecule has 1 nitrogen and oxygen atoms in total. The third kappa shape index (κ3) is 6.58. The lowest BCUT2D eigenvalue weighted by Crippen LogP contribution is -2.27. The van der Waals surface area contributed by atoms with Crippen molar-refractivity contribution in [1.82, 2.24) is 5.32 Å². The van der Waals surface area contributed by atoms with Gasteiger partial charge >= 0.3 is 0 Å². The Morgan fingerprint density at radius 2 is 2.06 bits per heavy atom. The third-order valence-corrected chi connectivity index (χ3v) is 4.45. The lowest BCUT2D eigenvalue weighted by atomic mass is 9.98. The molecular formula is C14H24BrNS. The number of rotatable bonds is 8. The zero-order valence-corrected chi connectivity index (χ0v) is 13.5. The van der Waals surface area contributed by atoms with E-state index < -0.39 is 0 Å². The largest absolute Gasteiger partial charge is 0.316 e. The number of hydrogen-bond acceptors (Lipinski definition) is 2. The molecule has 1 N–H and O–H groups in total. The SMILES string of the molecule is CCCC(CNCC(C)C)Cc1ccc(Br)s1. The first kappa shape index (κ1) is 15.2. The van der Waals surface area contributed by atoms with Crippen LogP contribution in [0.25, 0.3) is 0 Å². The van der Waals surface area contributed by atoms with Crippen LogP contribution in [0, 0.1) is 11.8 Å². The molecule has 1 aromatic heterocycles. The van der Waals surface area contributed by atoms with Crippen molar-refractivity contribution in [3.8, 4) is 0 Å². The first-order valence-corrected chi connectivity index (χ1v) is 8.17. The first-order valence-electron chi connectivity index (χ1n) is 6.56. The van der Waals surface area contributed by atoms with E-state index in [0.29, 0.717) is 0 Å². The van der Waals surface area contributed by atoms with Gasteiger partial charge in [-0.25, -0.2) is 0 Å². The van der Waals surface area contributed by atoms with Crippen LogP contribution in [0.15, 0.2) is 15.9 Å². The minimum absolute atomic E-state index is 0.744. The second kappa shape index (κ2) is 8.28. The van der Waals surface area contributed by atoms with Gasteiger partial charge in [-0.1, -0.05) is 27.2 Å². The number of thiophene rings is 1. The molecule has 1 aromatic rings. The predicted molar refractivity (Wildman–Crippen MR) is 81.8 cm³/mol. The molecule has 1 heterocycles. The Balaban J connectivity index is 2.37. The Morgan fingerprint density at radius 1 is 1.29 bits per heavy atom. The van der Waals surface area contributed by atoms with Crippen LogP contribution in [0.3, 0.4) is 0 Å². The molecule has 0 fully saturated rings. The van der Waals surface area contributed by atoms with Crippen LogP contribution in [0.4, 0.5) is 0 Å². The number of hydrogen-bond donors (Lipinski definition) is 1. The molecule has 1 rings (SSSR count). The minimum Gasteiger partial charge on any atom is -0.316 e. The molecule has 0 aromatic carbocycles. The Bertz CT molecular complexity index is 309. The number of nitrogens with one attached hydrogen (secondary N) is 1. The van der Waals surface area contributed by atoms with E-state index in [4.69, 9.17) is 0 Å². The van der Waals surface area contributed by atoms with Crippen LogP contribution in [0.5, 0.6) is 0 Å². The molecule has 0 bridgehead atoms. The van der Waals surface area contributed by atoms with Crippen LogP contribution < -0.4 is 5.32 Å². The molecule has 3 heteroatoms. The maximum atomic E-state index is 3.59. The van der Waals surface area contributed by atoms with Crippen molar-refractivity contribution in [3.05, 3.63) is 20.8 Å². The molecule has 0 aliphatic heterocycles. The summed E-state index contributed by atoms with van der Waals surface area (Å²) >= 11 is 5.41. The average Bonchev–Trinajstić information content (AvgIpc) is 2.63. The van der Waals surface area contributed by atoms with Gasteiger partial charge in [-0.2, -0.15) is 0 Å². The van der Waals surface area contributed by atoms with Gasteiger partial charge in [0.05, 0.1) is 3.79 Å². The van der Waals surface area contributed by atoms with E-state index in [1.54, 1.807) is 0 Å². The van der Waals surface area contributed by atoms with Gasteiger partial charge in [0.2, 0.25) is 0 Å². The van der Waals surface area contributed by atoms with E-state index in [-0.39, 0.29) is 0 Å². The van der Waals surface area contributed by atoms with E-state index >= 15 is 0 Å². The highest BCUT2D eigenvalue weighted by atomic mass is 79.9. The van der Waals surface area contributed by atoms with Crippen LogP contribution in [-0.2, 0) is 6.42 Å². The van der Waals surface area contributed by atoms with Crippen molar-refractivity contribution in [1.29, 1.82) is 0 Å². The van der Waals surface area contributed by atoms with Crippen molar-refractivity contribution in [2.24, 2.45) is 11.8 Å². The van der Waals surface area contributed by atoms with Crippen LogP contribution in [-0.4, -0.2) is 13.1 Å². The summed E-state index contributed by atoms with van der Waals surface area (Å²) in [5.41, 5.74) is 0. The molecule has 0 saturated heterocycles. The van der Waals surface area contributed by atoms with Gasteiger partial charge in [0, 0.05) is 4.88 Å². The Hall–Kier alpha value is 0.140. The zero-order valence-electron chi connectivity index (χ0n) is 11.1. The van der Waals surface area contributed by atoms with E-state index in [2.05, 4.69) is 54.2 Å². The van der Waals surface area contributed by atoms with Crippen LogP contribution in [0.2, 0.25) is 0 Å². The Labute approximate surface area is 118 Å². The van der Waals surface area contributed by atoms with Gasteiger partial charge in [-0.15, -0.1) is 11.3 Å². The summed E-state index contributed by atoms with van der Waals surface area (Å²) in [6, 6.07) is 4.41. The highest BCUT2D eigenvalue weighted by molar-refractivity contribution is 9.11. The topological polar surface area (TPSA) is 12.0 Å². The second-order valence-electron chi connectivity index (χ2n) is 5.12. The van der Waals surface area contributed by atoms with Crippen molar-refractivity contribution in [3.63, 3.8) is 0 Å². The molecule has 98 valence electrons. The lowest BCUT2D eigenvalue weighted by molar-refractivity contribution is 0.423. The molecule has 0 amide bonds. The molecule has 0 aliphatic rings. The maximum absolute atomic E-state index is 3.59. The summed E-state index contributed by atoms with van der Waals surface area (Å²) in [5.74, 6) is 1.53. The summed E-state index contributed by atoms with van der Waals surface area (Å²) in [6.07, 6.45) is 3.82. The van der Waals surface area contributed by atoms with E-state index in [9.17, 15) is 0 Å². The van der Waals surface area contributed by atoms with Gasteiger partial charge in [0.1, 0.15) is 0 Å². The normalized spacial score (nSPS) is 13.2. The van der Waals surface area contributed by atoms with Crippen molar-refractivity contribution in [2.75, 3.05) is 13.1 Å². The summed E-state index contributed by atoms with van der Waals surface area (Å²) in [4.78, 5) is 1.50. The molecule has 1 atom stereocenters. The quantitative estimate of drug-likeness (QED) is 0.731. The molecule has 0 aliphatic carbocycles. The minimum atomic E-state index is 0.744. The van der Waals surface area contributed by atoms with Gasteiger partial charge in [0.25, 0.3) is 0 Å². The average molecular weight is 318 g/mol. The summed E-state index contributed by atoms with van der Waals surface area (Å²) in [5, 5.41) is 3.59. The number of halogens is 1. The summed E-state index contributed by atoms with van der Waals surface area (Å²) in [6.45, 7) is 9.09. The monoisotopic (exact) mass is 317 g/mol. The highest BCUT2D eigenvalue weighted by Crippen LogP contribution is 2.25. The molecule has 1 unspecified atom stereocenters. The van der Waals surface area contributed by atoms with Crippen molar-refractivity contribution >= 4 is 27.3 Å². The lowest BCUT2D eigenvalue weighted by Gasteiger charge is -2.17. The van der Waals surface area contributed by atoms with Gasteiger partial charge in [0.15, 0.2) is 0 Å². The van der Waals surface area contributed by atoms with Gasteiger partial charge in [-0.05, 0) is 65.8 Å². The summed E-state index contributed by atoms with van der Waals surface area (Å²) < 4.78 is 1.25. The fourth-order valence-corrected chi connectivity index (χ4v) is 3.60. The van der Waals surface area contributed by atoms with E-state index in [1.165, 1.54) is 27.9 Å². The fraction of sp³-hybridized carbons (Fsp3) is 0.714. The maximum Gasteiger partial charge on any atom is 0.0701 e. The zero-order chi connectivity index (χ0) is 12.7. The van der Waals surface area contributed by atoms with E-state index in [0.717, 1.165) is 24.9 Å². The molecule has 0 radical (unpaired) electrons. The summed E-state index contributed by atoms with van der Waals surface area (Å²) in [7, 11) is 0. The highest BCUT2D eigenvalue weighted by Gasteiger charge is 2.10. The molecule has 0 spiro atoms. The van der Waals surface area contributed by atoms with Crippen molar-refractivity contribution < 1.29 is 0 Å². The Kier molecular flexibility index (Phi) is 7.40. The Morgan fingerprint density at radius 3 is 2.59 bits per heavy atom. The smallest absolute Gasteiger partial charge is 0.0701 e. The van der Waals surface area contributed by atoms with E-state index in [1.807, 2.05) is 11.3 Å². The predicted octanol–water partition coefficient (Wildman–Crippen LogP) is 4.72. The third-order valence-electron chi connectivity index (χ3n) is 2.80. The standard InChI is InChI=1S/C14H24BrNS/c1-4-5-12(10-16-9-11(2)3)8-13-6-7-14(15)17-13/h6-7,11-12,16H,4-5,8-10H2,1-3H3. The van der Waals surface area contributed by atoms with Gasteiger partial charge < -0.3 is 5.32 Å². The fourth-order valence-electron chi connectivity index (χ4n) is 2.01. The molecular weight excluding hydrogens is 294 g/mol. The van der Waals surface area contributed by atoms with Crippen molar-refractivity contribution in [2.45, 2.75) is 40.0 Å². The van der Waals surface area contributed by atoms with Gasteiger partial charge in [-0.3, -0.25) is 0 Å². The molecule has 17 heavy (non-hydrogen) atoms. The first-order chi connectivity index (χ1) is 8.11. The molecule has 0 saturated carbocycles. The van der Waals surface area contributed by atoms with Crippen LogP contribution in [0.1, 0.15) is 38.5 Å². The second-order valence-corrected chi connectivity index (χ2v) is 7.66.